The minimum Gasteiger partial charge on any atom is -0.462 e. The predicted octanol–water partition coefficient (Wildman–Crippen LogP) is 24.6. The van der Waals surface area contributed by atoms with Gasteiger partial charge < -0.3 is 14.2 Å². The molecule has 0 aliphatic heterocycles. The zero-order valence-corrected chi connectivity index (χ0v) is 54.7. The van der Waals surface area contributed by atoms with Crippen LogP contribution in [0.5, 0.6) is 0 Å². The monoisotopic (exact) mass is 1150 g/mol. The van der Waals surface area contributed by atoms with Gasteiger partial charge in [-0.25, -0.2) is 0 Å². The van der Waals surface area contributed by atoms with Crippen LogP contribution in [0.25, 0.3) is 0 Å². The number of hydrogen-bond donors (Lipinski definition) is 0. The molecular weight excluding hydrogens is 1020 g/mol. The second-order valence-corrected chi connectivity index (χ2v) is 23.4. The molecule has 6 heteroatoms. The van der Waals surface area contributed by atoms with E-state index >= 15 is 0 Å². The number of allylic oxidation sites excluding steroid dienone is 18. The van der Waals surface area contributed by atoms with Crippen LogP contribution in [0.3, 0.4) is 0 Å². The molecule has 0 saturated carbocycles. The van der Waals surface area contributed by atoms with E-state index in [1.54, 1.807) is 0 Å². The van der Waals surface area contributed by atoms with Crippen LogP contribution in [-0.4, -0.2) is 37.2 Å². The molecule has 1 unspecified atom stereocenters. The fourth-order valence-electron chi connectivity index (χ4n) is 10.1. The molecule has 0 saturated heterocycles. The molecule has 0 bridgehead atoms. The molecule has 0 aliphatic rings. The van der Waals surface area contributed by atoms with Crippen molar-refractivity contribution in [1.29, 1.82) is 0 Å². The topological polar surface area (TPSA) is 78.9 Å². The van der Waals surface area contributed by atoms with Gasteiger partial charge in [0.15, 0.2) is 6.10 Å². The molecule has 0 fully saturated rings. The maximum atomic E-state index is 12.9. The summed E-state index contributed by atoms with van der Waals surface area (Å²) in [6.45, 7) is 6.37. The highest BCUT2D eigenvalue weighted by atomic mass is 16.6. The van der Waals surface area contributed by atoms with Crippen molar-refractivity contribution in [2.45, 2.75) is 348 Å². The van der Waals surface area contributed by atoms with Gasteiger partial charge >= 0.3 is 17.9 Å². The third kappa shape index (κ3) is 68.7. The first kappa shape index (κ1) is 79.1. The van der Waals surface area contributed by atoms with Crippen LogP contribution in [0, 0.1) is 0 Å². The van der Waals surface area contributed by atoms with Gasteiger partial charge in [0.05, 0.1) is 0 Å². The number of hydrogen-bond acceptors (Lipinski definition) is 6. The molecule has 0 aromatic heterocycles. The molecule has 0 amide bonds. The summed E-state index contributed by atoms with van der Waals surface area (Å²) in [5, 5.41) is 0. The normalized spacial score (nSPS) is 12.8. The summed E-state index contributed by atoms with van der Waals surface area (Å²) >= 11 is 0. The standard InChI is InChI=1S/C77H132O6/c1-4-7-10-13-16-19-22-25-27-29-31-33-34-35-36-37-38-39-40-41-42-44-45-47-49-52-55-58-61-64-67-70-76(79)82-73-74(72-81-75(78)69-66-63-60-57-54-51-24-21-18-15-12-9-6-3)83-77(80)71-68-65-62-59-56-53-50-48-46-43-32-30-28-26-23-20-17-14-11-8-5-2/h8-9,11-12,17-18,20-21,26,28,32,43,48,50-51,54,60,63,74H,4-7,10,13-16,19,22-25,27,29-31,33-42,44-47,49,52-53,55-59,61-62,64-73H2,1-3H3/b11-8-,12-9-,20-17-,21-18-,28-26-,43-32-,50-48-,54-51-,63-60-. The van der Waals surface area contributed by atoms with E-state index in [0.717, 1.165) is 116 Å². The molecule has 6 nitrogen and oxygen atoms in total. The largest absolute Gasteiger partial charge is 0.462 e. The minimum absolute atomic E-state index is 0.107. The fraction of sp³-hybridized carbons (Fsp3) is 0.727. The van der Waals surface area contributed by atoms with Gasteiger partial charge in [0.1, 0.15) is 13.2 Å². The number of esters is 3. The van der Waals surface area contributed by atoms with E-state index in [9.17, 15) is 14.4 Å². The summed E-state index contributed by atoms with van der Waals surface area (Å²) in [6, 6.07) is 0. The molecule has 0 radical (unpaired) electrons. The van der Waals surface area contributed by atoms with Crippen LogP contribution in [0.2, 0.25) is 0 Å². The molecule has 0 N–H and O–H groups in total. The van der Waals surface area contributed by atoms with Crippen molar-refractivity contribution >= 4 is 17.9 Å². The smallest absolute Gasteiger partial charge is 0.306 e. The lowest BCUT2D eigenvalue weighted by Crippen LogP contribution is -2.30. The number of carbonyl (C=O) groups excluding carboxylic acids is 3. The summed E-state index contributed by atoms with van der Waals surface area (Å²) in [4.78, 5) is 38.3. The van der Waals surface area contributed by atoms with Gasteiger partial charge in [-0.2, -0.15) is 0 Å². The van der Waals surface area contributed by atoms with E-state index in [1.807, 2.05) is 6.08 Å². The molecule has 0 rings (SSSR count). The van der Waals surface area contributed by atoms with E-state index < -0.39 is 6.10 Å². The average molecular weight is 1150 g/mol. The third-order valence-electron chi connectivity index (χ3n) is 15.3. The molecule has 476 valence electrons. The minimum atomic E-state index is -0.820. The van der Waals surface area contributed by atoms with E-state index in [4.69, 9.17) is 14.2 Å². The maximum Gasteiger partial charge on any atom is 0.306 e. The number of carbonyl (C=O) groups is 3. The third-order valence-corrected chi connectivity index (χ3v) is 15.3. The molecule has 0 aliphatic carbocycles. The Balaban J connectivity index is 4.25. The van der Waals surface area contributed by atoms with Crippen molar-refractivity contribution in [1.82, 2.24) is 0 Å². The van der Waals surface area contributed by atoms with Crippen molar-refractivity contribution in [2.24, 2.45) is 0 Å². The van der Waals surface area contributed by atoms with Crippen LogP contribution in [0.1, 0.15) is 342 Å². The Bertz CT molecular complexity index is 1660. The first-order chi connectivity index (χ1) is 41.0. The Hall–Kier alpha value is -3.93. The van der Waals surface area contributed by atoms with E-state index in [-0.39, 0.29) is 37.5 Å². The van der Waals surface area contributed by atoms with Gasteiger partial charge in [-0.05, 0) is 89.9 Å². The van der Waals surface area contributed by atoms with Gasteiger partial charge in [0.25, 0.3) is 0 Å². The quantitative estimate of drug-likeness (QED) is 0.0261. The Morgan fingerprint density at radius 2 is 0.494 bits per heavy atom. The van der Waals surface area contributed by atoms with Crippen molar-refractivity contribution in [3.8, 4) is 0 Å². The summed E-state index contributed by atoms with van der Waals surface area (Å²) in [7, 11) is 0. The molecule has 1 atom stereocenters. The van der Waals surface area contributed by atoms with Crippen molar-refractivity contribution in [3.63, 3.8) is 0 Å². The second kappa shape index (κ2) is 70.6. The molecular formula is C77H132O6. The zero-order valence-electron chi connectivity index (χ0n) is 54.7. The van der Waals surface area contributed by atoms with Gasteiger partial charge in [0, 0.05) is 19.3 Å². The first-order valence-electron chi connectivity index (χ1n) is 35.4. The summed E-state index contributed by atoms with van der Waals surface area (Å²) < 4.78 is 16.9. The van der Waals surface area contributed by atoms with Crippen LogP contribution in [0.15, 0.2) is 109 Å². The lowest BCUT2D eigenvalue weighted by molar-refractivity contribution is -0.166. The van der Waals surface area contributed by atoms with Crippen molar-refractivity contribution in [3.05, 3.63) is 109 Å². The molecule has 0 aromatic carbocycles. The van der Waals surface area contributed by atoms with Gasteiger partial charge in [-0.3, -0.25) is 14.4 Å². The highest BCUT2D eigenvalue weighted by Gasteiger charge is 2.19. The maximum absolute atomic E-state index is 12.9. The van der Waals surface area contributed by atoms with Crippen LogP contribution < -0.4 is 0 Å². The fourth-order valence-corrected chi connectivity index (χ4v) is 10.1. The van der Waals surface area contributed by atoms with Crippen LogP contribution >= 0.6 is 0 Å². The van der Waals surface area contributed by atoms with Gasteiger partial charge in [-0.1, -0.05) is 342 Å². The lowest BCUT2D eigenvalue weighted by atomic mass is 10.0. The summed E-state index contributed by atoms with van der Waals surface area (Å²) in [5.41, 5.74) is 0. The first-order valence-corrected chi connectivity index (χ1v) is 35.4. The highest BCUT2D eigenvalue weighted by molar-refractivity contribution is 5.71. The Kier molecular flexibility index (Phi) is 67.2. The number of ether oxygens (including phenoxy) is 3. The van der Waals surface area contributed by atoms with E-state index in [2.05, 4.69) is 124 Å². The highest BCUT2D eigenvalue weighted by Crippen LogP contribution is 2.18. The summed E-state index contributed by atoms with van der Waals surface area (Å²) in [5.74, 6) is -1.00. The summed E-state index contributed by atoms with van der Waals surface area (Å²) in [6.07, 6.45) is 97.3. The van der Waals surface area contributed by atoms with Crippen LogP contribution in [-0.2, 0) is 28.6 Å². The Morgan fingerprint density at radius 3 is 0.807 bits per heavy atom. The number of unbranched alkanes of at least 4 members (excludes halogenated alkanes) is 35. The van der Waals surface area contributed by atoms with Crippen molar-refractivity contribution < 1.29 is 28.6 Å². The molecule has 83 heavy (non-hydrogen) atoms. The van der Waals surface area contributed by atoms with Gasteiger partial charge in [0.2, 0.25) is 0 Å². The second-order valence-electron chi connectivity index (χ2n) is 23.4. The zero-order chi connectivity index (χ0) is 59.9. The lowest BCUT2D eigenvalue weighted by Gasteiger charge is -2.18. The average Bonchev–Trinajstić information content (AvgIpc) is 3.49. The van der Waals surface area contributed by atoms with Crippen LogP contribution in [0.4, 0.5) is 0 Å². The predicted molar refractivity (Wildman–Crippen MR) is 362 cm³/mol. The Labute approximate surface area is 514 Å². The SMILES string of the molecule is CC/C=C\C/C=C\C/C=C\C/C=C\C/C=C\CCCCCCCC(=O)OC(COC(=O)CC/C=C\C/C=C\C/C=C\C/C=C\CC)COC(=O)CCCCCCCCCCCCCCCCCCCCCCCCCCCCCCCCC. The molecule has 0 aromatic rings. The van der Waals surface area contributed by atoms with Crippen molar-refractivity contribution in [2.75, 3.05) is 13.2 Å². The van der Waals surface area contributed by atoms with E-state index in [1.165, 1.54) is 180 Å². The molecule has 0 heterocycles. The Morgan fingerprint density at radius 1 is 0.253 bits per heavy atom. The van der Waals surface area contributed by atoms with E-state index in [0.29, 0.717) is 19.3 Å². The molecule has 0 spiro atoms. The number of rotatable bonds is 64. The van der Waals surface area contributed by atoms with Gasteiger partial charge in [-0.15, -0.1) is 0 Å².